The largest absolute Gasteiger partial charge is 0.465 e. The fourth-order valence-electron chi connectivity index (χ4n) is 2.38. The minimum absolute atomic E-state index is 0.170. The van der Waals surface area contributed by atoms with Gasteiger partial charge in [-0.05, 0) is 43.3 Å². The number of methoxy groups -OCH3 is 1. The zero-order chi connectivity index (χ0) is 19.5. The highest BCUT2D eigenvalue weighted by atomic mass is 28.3. The Balaban J connectivity index is 2.32. The SMILES string of the molecule is COC(=O)c1ccc(C(=O)Oc2cc([Si](C)(C)C)ccc2C(C)=O)cc1. The van der Waals surface area contributed by atoms with E-state index in [1.165, 1.54) is 38.3 Å². The number of carbonyl (C=O) groups is 3. The van der Waals surface area contributed by atoms with Gasteiger partial charge in [0.05, 0.1) is 31.9 Å². The fraction of sp³-hybridized carbons (Fsp3) is 0.250. The summed E-state index contributed by atoms with van der Waals surface area (Å²) in [5.74, 6) is -0.973. The maximum absolute atomic E-state index is 12.5. The Morgan fingerprint density at radius 1 is 0.846 bits per heavy atom. The van der Waals surface area contributed by atoms with Gasteiger partial charge in [0, 0.05) is 0 Å². The number of hydrogen-bond acceptors (Lipinski definition) is 5. The first kappa shape index (κ1) is 19.6. The average Bonchev–Trinajstić information content (AvgIpc) is 2.60. The van der Waals surface area contributed by atoms with E-state index in [4.69, 9.17) is 4.74 Å². The van der Waals surface area contributed by atoms with Crippen LogP contribution < -0.4 is 9.92 Å². The molecule has 0 saturated carbocycles. The molecule has 0 aromatic heterocycles. The van der Waals surface area contributed by atoms with Crippen molar-refractivity contribution in [3.05, 3.63) is 59.2 Å². The lowest BCUT2D eigenvalue weighted by Crippen LogP contribution is -2.37. The summed E-state index contributed by atoms with van der Waals surface area (Å²) in [7, 11) is -0.340. The molecule has 2 aromatic rings. The molecule has 0 atom stereocenters. The Bertz CT molecular complexity index is 847. The average molecular weight is 370 g/mol. The van der Waals surface area contributed by atoms with Crippen molar-refractivity contribution in [2.24, 2.45) is 0 Å². The monoisotopic (exact) mass is 370 g/mol. The van der Waals surface area contributed by atoms with Crippen molar-refractivity contribution in [3.63, 3.8) is 0 Å². The molecule has 0 saturated heterocycles. The minimum atomic E-state index is -1.63. The van der Waals surface area contributed by atoms with Gasteiger partial charge < -0.3 is 9.47 Å². The number of esters is 2. The van der Waals surface area contributed by atoms with Gasteiger partial charge in [-0.15, -0.1) is 0 Å². The smallest absolute Gasteiger partial charge is 0.343 e. The summed E-state index contributed by atoms with van der Waals surface area (Å²) in [6, 6.07) is 11.4. The van der Waals surface area contributed by atoms with Crippen molar-refractivity contribution >= 4 is 31.0 Å². The molecule has 136 valence electrons. The molecule has 0 spiro atoms. The van der Waals surface area contributed by atoms with E-state index in [0.717, 1.165) is 5.19 Å². The van der Waals surface area contributed by atoms with E-state index in [9.17, 15) is 14.4 Å². The second kappa shape index (κ2) is 7.66. The van der Waals surface area contributed by atoms with Crippen LogP contribution in [0.5, 0.6) is 5.75 Å². The minimum Gasteiger partial charge on any atom is -0.465 e. The van der Waals surface area contributed by atoms with Gasteiger partial charge in [0.1, 0.15) is 5.75 Å². The van der Waals surface area contributed by atoms with Crippen LogP contribution in [0, 0.1) is 0 Å². The van der Waals surface area contributed by atoms with E-state index >= 15 is 0 Å². The molecule has 0 N–H and O–H groups in total. The molecular weight excluding hydrogens is 348 g/mol. The first-order valence-electron chi connectivity index (χ1n) is 8.19. The summed E-state index contributed by atoms with van der Waals surface area (Å²) >= 11 is 0. The molecule has 0 fully saturated rings. The van der Waals surface area contributed by atoms with Gasteiger partial charge in [0.15, 0.2) is 5.78 Å². The molecule has 5 nitrogen and oxygen atoms in total. The molecule has 0 aliphatic heterocycles. The molecule has 6 heteroatoms. The lowest BCUT2D eigenvalue weighted by molar-refractivity contribution is 0.0599. The van der Waals surface area contributed by atoms with Gasteiger partial charge in [-0.2, -0.15) is 0 Å². The molecule has 0 radical (unpaired) electrons. The Labute approximate surface area is 154 Å². The summed E-state index contributed by atoms with van der Waals surface area (Å²) in [6.45, 7) is 7.96. The summed E-state index contributed by atoms with van der Waals surface area (Å²) in [4.78, 5) is 35.8. The van der Waals surface area contributed by atoms with Crippen LogP contribution in [-0.4, -0.2) is 32.9 Å². The van der Waals surface area contributed by atoms with E-state index in [0.29, 0.717) is 11.1 Å². The summed E-state index contributed by atoms with van der Waals surface area (Å²) in [5.41, 5.74) is 0.992. The van der Waals surface area contributed by atoms with E-state index in [-0.39, 0.29) is 17.1 Å². The van der Waals surface area contributed by atoms with Crippen LogP contribution in [0.1, 0.15) is 38.0 Å². The number of hydrogen-bond donors (Lipinski definition) is 0. The van der Waals surface area contributed by atoms with Gasteiger partial charge in [0.25, 0.3) is 0 Å². The first-order valence-corrected chi connectivity index (χ1v) is 11.7. The zero-order valence-electron chi connectivity index (χ0n) is 15.6. The van der Waals surface area contributed by atoms with Crippen molar-refractivity contribution in [1.82, 2.24) is 0 Å². The van der Waals surface area contributed by atoms with Gasteiger partial charge in [-0.1, -0.05) is 30.9 Å². The number of rotatable bonds is 5. The molecule has 0 unspecified atom stereocenters. The third-order valence-electron chi connectivity index (χ3n) is 3.97. The lowest BCUT2D eigenvalue weighted by Gasteiger charge is -2.18. The van der Waals surface area contributed by atoms with Crippen LogP contribution in [0.15, 0.2) is 42.5 Å². The van der Waals surface area contributed by atoms with Crippen molar-refractivity contribution in [3.8, 4) is 5.75 Å². The van der Waals surface area contributed by atoms with E-state index in [2.05, 4.69) is 24.4 Å². The van der Waals surface area contributed by atoms with E-state index in [1.807, 2.05) is 6.07 Å². The summed E-state index contributed by atoms with van der Waals surface area (Å²) in [6.07, 6.45) is 0. The van der Waals surface area contributed by atoms with Gasteiger partial charge >= 0.3 is 11.9 Å². The number of carbonyl (C=O) groups excluding carboxylic acids is 3. The predicted molar refractivity (Wildman–Crippen MR) is 102 cm³/mol. The molecule has 0 amide bonds. The molecule has 0 aliphatic rings. The summed E-state index contributed by atoms with van der Waals surface area (Å²) < 4.78 is 10.1. The van der Waals surface area contributed by atoms with E-state index in [1.54, 1.807) is 12.1 Å². The quantitative estimate of drug-likeness (QED) is 0.349. The highest BCUT2D eigenvalue weighted by Gasteiger charge is 2.21. The topological polar surface area (TPSA) is 69.7 Å². The van der Waals surface area contributed by atoms with Crippen molar-refractivity contribution in [2.45, 2.75) is 26.6 Å². The molecule has 0 bridgehead atoms. The van der Waals surface area contributed by atoms with Crippen LogP contribution in [0.3, 0.4) is 0 Å². The van der Waals surface area contributed by atoms with Gasteiger partial charge in [-0.3, -0.25) is 4.79 Å². The van der Waals surface area contributed by atoms with Crippen molar-refractivity contribution in [2.75, 3.05) is 7.11 Å². The van der Waals surface area contributed by atoms with Gasteiger partial charge in [0.2, 0.25) is 0 Å². The molecule has 26 heavy (non-hydrogen) atoms. The number of Topliss-reactive ketones (excluding diaryl/α,β-unsaturated/α-hetero) is 1. The van der Waals surface area contributed by atoms with Crippen LogP contribution in [0.2, 0.25) is 19.6 Å². The highest BCUT2D eigenvalue weighted by molar-refractivity contribution is 6.88. The molecule has 2 rings (SSSR count). The normalized spacial score (nSPS) is 11.0. The third kappa shape index (κ3) is 4.46. The Hall–Kier alpha value is -2.73. The number of benzene rings is 2. The van der Waals surface area contributed by atoms with E-state index < -0.39 is 20.0 Å². The lowest BCUT2D eigenvalue weighted by atomic mass is 10.1. The maximum atomic E-state index is 12.5. The second-order valence-corrected chi connectivity index (χ2v) is 12.1. The van der Waals surface area contributed by atoms with Crippen LogP contribution in [0.4, 0.5) is 0 Å². The highest BCUT2D eigenvalue weighted by Crippen LogP contribution is 2.21. The first-order chi connectivity index (χ1) is 12.1. The third-order valence-corrected chi connectivity index (χ3v) is 6.01. The Kier molecular flexibility index (Phi) is 5.77. The standard InChI is InChI=1S/C20H22O5Si/c1-13(21)17-11-10-16(26(3,4)5)12-18(17)25-20(23)15-8-6-14(7-9-15)19(22)24-2/h6-12H,1-5H3. The van der Waals surface area contributed by atoms with Crippen molar-refractivity contribution in [1.29, 1.82) is 0 Å². The Morgan fingerprint density at radius 2 is 1.38 bits per heavy atom. The molecular formula is C20H22O5Si. The predicted octanol–water partition coefficient (Wildman–Crippen LogP) is 3.44. The maximum Gasteiger partial charge on any atom is 0.343 e. The number of ketones is 1. The van der Waals surface area contributed by atoms with Crippen molar-refractivity contribution < 1.29 is 23.9 Å². The molecule has 0 aliphatic carbocycles. The van der Waals surface area contributed by atoms with Crippen LogP contribution in [-0.2, 0) is 4.74 Å². The summed E-state index contributed by atoms with van der Waals surface area (Å²) in [5, 5.41) is 1.09. The molecule has 2 aromatic carbocycles. The Morgan fingerprint density at radius 3 is 1.85 bits per heavy atom. The zero-order valence-corrected chi connectivity index (χ0v) is 16.6. The second-order valence-electron chi connectivity index (χ2n) is 6.98. The van der Waals surface area contributed by atoms with Gasteiger partial charge in [-0.25, -0.2) is 9.59 Å². The number of ether oxygens (including phenoxy) is 2. The van der Waals surface area contributed by atoms with Crippen LogP contribution >= 0.6 is 0 Å². The fourth-order valence-corrected chi connectivity index (χ4v) is 3.53. The van der Waals surface area contributed by atoms with Crippen LogP contribution in [0.25, 0.3) is 0 Å². The molecule has 0 heterocycles.